The molecular weight excluding hydrogens is 327 g/mol. The lowest BCUT2D eigenvalue weighted by molar-refractivity contribution is -0.130. The molecule has 1 saturated heterocycles. The molecule has 0 aromatic heterocycles. The maximum absolute atomic E-state index is 13.7. The maximum Gasteiger partial charge on any atom is 0.222 e. The first-order chi connectivity index (χ1) is 12.6. The van der Waals surface area contributed by atoms with Crippen LogP contribution in [0.4, 0.5) is 10.1 Å². The van der Waals surface area contributed by atoms with Crippen molar-refractivity contribution in [3.05, 3.63) is 65.5 Å². The second-order valence-electron chi connectivity index (χ2n) is 7.06. The third kappa shape index (κ3) is 4.84. The van der Waals surface area contributed by atoms with Gasteiger partial charge in [-0.05, 0) is 55.0 Å². The number of piperidine rings is 1. The van der Waals surface area contributed by atoms with Crippen molar-refractivity contribution < 1.29 is 9.18 Å². The Bertz CT molecular complexity index is 723. The molecule has 4 heteroatoms. The van der Waals surface area contributed by atoms with Crippen LogP contribution in [0.25, 0.3) is 0 Å². The van der Waals surface area contributed by atoms with Gasteiger partial charge in [-0.25, -0.2) is 4.39 Å². The van der Waals surface area contributed by atoms with Crippen molar-refractivity contribution in [1.29, 1.82) is 0 Å². The van der Waals surface area contributed by atoms with Crippen LogP contribution in [0.15, 0.2) is 48.5 Å². The van der Waals surface area contributed by atoms with Crippen LogP contribution in [0.3, 0.4) is 0 Å². The molecule has 3 nitrogen and oxygen atoms in total. The molecule has 0 N–H and O–H groups in total. The van der Waals surface area contributed by atoms with E-state index in [9.17, 15) is 9.18 Å². The van der Waals surface area contributed by atoms with Crippen molar-refractivity contribution in [1.82, 2.24) is 4.90 Å². The Labute approximate surface area is 155 Å². The molecule has 1 aliphatic rings. The first-order valence-electron chi connectivity index (χ1n) is 9.45. The molecule has 0 atom stereocenters. The second-order valence-corrected chi connectivity index (χ2v) is 7.06. The third-order valence-corrected chi connectivity index (χ3v) is 5.07. The summed E-state index contributed by atoms with van der Waals surface area (Å²) in [5.74, 6) is -0.204. The van der Waals surface area contributed by atoms with Gasteiger partial charge in [0.1, 0.15) is 5.82 Å². The summed E-state index contributed by atoms with van der Waals surface area (Å²) in [4.78, 5) is 16.5. The van der Waals surface area contributed by atoms with Gasteiger partial charge in [0.2, 0.25) is 5.91 Å². The molecule has 0 spiro atoms. The lowest BCUT2D eigenvalue weighted by Gasteiger charge is -2.29. The summed E-state index contributed by atoms with van der Waals surface area (Å²) in [6.07, 6.45) is 4.61. The van der Waals surface area contributed by atoms with Gasteiger partial charge in [-0.15, -0.1) is 0 Å². The Morgan fingerprint density at radius 1 is 1.04 bits per heavy atom. The summed E-state index contributed by atoms with van der Waals surface area (Å²) in [5.41, 5.74) is 2.98. The molecule has 26 heavy (non-hydrogen) atoms. The molecule has 2 aromatic rings. The zero-order valence-electron chi connectivity index (χ0n) is 15.5. The summed E-state index contributed by atoms with van der Waals surface area (Å²) >= 11 is 0. The van der Waals surface area contributed by atoms with Gasteiger partial charge >= 0.3 is 0 Å². The van der Waals surface area contributed by atoms with Crippen LogP contribution in [0.2, 0.25) is 0 Å². The quantitative estimate of drug-likeness (QED) is 0.767. The number of carbonyl (C=O) groups excluding carboxylic acids is 1. The van der Waals surface area contributed by atoms with Crippen molar-refractivity contribution in [2.75, 3.05) is 25.0 Å². The first kappa shape index (κ1) is 18.4. The number of benzene rings is 2. The molecule has 0 unspecified atom stereocenters. The fraction of sp³-hybridized carbons (Fsp3) is 0.409. The number of amides is 1. The average Bonchev–Trinajstić information content (AvgIpc) is 2.68. The SMILES string of the molecule is CN(Cc1ccc(N2CCCCC2)cc1)C(=O)CCc1ccccc1F. The molecule has 0 bridgehead atoms. The van der Waals surface area contributed by atoms with Crippen molar-refractivity contribution in [3.8, 4) is 0 Å². The van der Waals surface area contributed by atoms with E-state index in [-0.39, 0.29) is 11.7 Å². The number of aryl methyl sites for hydroxylation is 1. The zero-order chi connectivity index (χ0) is 18.4. The molecule has 0 aliphatic carbocycles. The number of halogens is 1. The summed E-state index contributed by atoms with van der Waals surface area (Å²) in [7, 11) is 1.81. The van der Waals surface area contributed by atoms with Crippen LogP contribution in [0.1, 0.15) is 36.8 Å². The summed E-state index contributed by atoms with van der Waals surface area (Å²) in [6.45, 7) is 2.85. The van der Waals surface area contributed by atoms with Gasteiger partial charge in [-0.2, -0.15) is 0 Å². The highest BCUT2D eigenvalue weighted by molar-refractivity contribution is 5.76. The predicted molar refractivity (Wildman–Crippen MR) is 104 cm³/mol. The molecule has 1 fully saturated rings. The van der Waals surface area contributed by atoms with Gasteiger partial charge in [0, 0.05) is 38.8 Å². The molecule has 1 amide bonds. The molecule has 3 rings (SSSR count). The highest BCUT2D eigenvalue weighted by Gasteiger charge is 2.13. The number of anilines is 1. The Kier molecular flexibility index (Phi) is 6.26. The van der Waals surface area contributed by atoms with E-state index in [1.54, 1.807) is 23.1 Å². The van der Waals surface area contributed by atoms with Crippen LogP contribution in [-0.4, -0.2) is 30.9 Å². The van der Waals surface area contributed by atoms with Gasteiger partial charge in [-0.3, -0.25) is 4.79 Å². The minimum absolute atomic E-state index is 0.0355. The van der Waals surface area contributed by atoms with E-state index < -0.39 is 0 Å². The van der Waals surface area contributed by atoms with E-state index >= 15 is 0 Å². The Morgan fingerprint density at radius 3 is 2.42 bits per heavy atom. The number of nitrogens with zero attached hydrogens (tertiary/aromatic N) is 2. The third-order valence-electron chi connectivity index (χ3n) is 5.07. The fourth-order valence-corrected chi connectivity index (χ4v) is 3.46. The van der Waals surface area contributed by atoms with Crippen molar-refractivity contribution in [3.63, 3.8) is 0 Å². The lowest BCUT2D eigenvalue weighted by atomic mass is 10.1. The lowest BCUT2D eigenvalue weighted by Crippen LogP contribution is -2.29. The van der Waals surface area contributed by atoms with E-state index in [1.807, 2.05) is 7.05 Å². The van der Waals surface area contributed by atoms with E-state index in [1.165, 1.54) is 31.0 Å². The normalized spacial score (nSPS) is 14.3. The largest absolute Gasteiger partial charge is 0.372 e. The molecule has 0 radical (unpaired) electrons. The number of hydrogen-bond donors (Lipinski definition) is 0. The topological polar surface area (TPSA) is 23.6 Å². The molecule has 0 saturated carbocycles. The van der Waals surface area contributed by atoms with Crippen LogP contribution < -0.4 is 4.90 Å². The summed E-state index contributed by atoms with van der Waals surface area (Å²) in [5, 5.41) is 0. The van der Waals surface area contributed by atoms with Gasteiger partial charge in [-0.1, -0.05) is 30.3 Å². The second kappa shape index (κ2) is 8.84. The van der Waals surface area contributed by atoms with E-state index in [4.69, 9.17) is 0 Å². The maximum atomic E-state index is 13.7. The number of carbonyl (C=O) groups is 1. The van der Waals surface area contributed by atoms with E-state index in [0.29, 0.717) is 24.9 Å². The van der Waals surface area contributed by atoms with Crippen LogP contribution in [0, 0.1) is 5.82 Å². The van der Waals surface area contributed by atoms with Gasteiger partial charge < -0.3 is 9.80 Å². The molecule has 138 valence electrons. The minimum atomic E-state index is -0.240. The number of rotatable bonds is 6. The average molecular weight is 354 g/mol. The van der Waals surface area contributed by atoms with Gasteiger partial charge in [0.25, 0.3) is 0 Å². The standard InChI is InChI=1S/C22H27FN2O/c1-24(22(26)14-11-19-7-3-4-8-21(19)23)17-18-9-12-20(13-10-18)25-15-5-2-6-16-25/h3-4,7-10,12-13H,2,5-6,11,14-17H2,1H3. The molecule has 1 aliphatic heterocycles. The Balaban J connectivity index is 1.51. The van der Waals surface area contributed by atoms with Crippen LogP contribution >= 0.6 is 0 Å². The van der Waals surface area contributed by atoms with Crippen molar-refractivity contribution >= 4 is 11.6 Å². The summed E-state index contributed by atoms with van der Waals surface area (Å²) < 4.78 is 13.7. The molecule has 1 heterocycles. The van der Waals surface area contributed by atoms with Crippen molar-refractivity contribution in [2.24, 2.45) is 0 Å². The minimum Gasteiger partial charge on any atom is -0.372 e. The Hall–Kier alpha value is -2.36. The summed E-state index contributed by atoms with van der Waals surface area (Å²) in [6, 6.07) is 15.2. The predicted octanol–water partition coefficient (Wildman–Crippen LogP) is 4.41. The smallest absolute Gasteiger partial charge is 0.222 e. The highest BCUT2D eigenvalue weighted by atomic mass is 19.1. The highest BCUT2D eigenvalue weighted by Crippen LogP contribution is 2.20. The molecule has 2 aromatic carbocycles. The molecular formula is C22H27FN2O. The van der Waals surface area contributed by atoms with Gasteiger partial charge in [0.15, 0.2) is 0 Å². The first-order valence-corrected chi connectivity index (χ1v) is 9.45. The van der Waals surface area contributed by atoms with E-state index in [0.717, 1.165) is 18.7 Å². The fourth-order valence-electron chi connectivity index (χ4n) is 3.46. The number of hydrogen-bond acceptors (Lipinski definition) is 2. The van der Waals surface area contributed by atoms with Crippen molar-refractivity contribution in [2.45, 2.75) is 38.6 Å². The monoisotopic (exact) mass is 354 g/mol. The zero-order valence-corrected chi connectivity index (χ0v) is 15.5. The van der Waals surface area contributed by atoms with Gasteiger partial charge in [0.05, 0.1) is 0 Å². The van der Waals surface area contributed by atoms with Crippen LogP contribution in [-0.2, 0) is 17.8 Å². The Morgan fingerprint density at radius 2 is 1.73 bits per heavy atom. The van der Waals surface area contributed by atoms with E-state index in [2.05, 4.69) is 29.2 Å². The van der Waals surface area contributed by atoms with Crippen LogP contribution in [0.5, 0.6) is 0 Å².